The standard InChI is InChI=1S/C22H20N2O2S/c1-14-18-13-20(26-21(18)17-5-3-4-6-19(17)24-14)22(25)23-12-11-15-7-9-16(27-2)10-8-15/h3-10,13H,11-12H2,1-2H3,(H,23,25). The number of hydrogen-bond donors (Lipinski definition) is 1. The van der Waals surface area contributed by atoms with Gasteiger partial charge in [0.25, 0.3) is 5.91 Å². The zero-order chi connectivity index (χ0) is 18.8. The molecule has 1 N–H and O–H groups in total. The van der Waals surface area contributed by atoms with Gasteiger partial charge in [-0.05, 0) is 55.5 Å². The average Bonchev–Trinajstić information content (AvgIpc) is 3.15. The van der Waals surface area contributed by atoms with Gasteiger partial charge in [-0.1, -0.05) is 24.3 Å². The third kappa shape index (κ3) is 3.55. The fourth-order valence-corrected chi connectivity index (χ4v) is 3.58. The molecule has 2 aromatic carbocycles. The summed E-state index contributed by atoms with van der Waals surface area (Å²) in [7, 11) is 0. The van der Waals surface area contributed by atoms with Crippen LogP contribution in [-0.2, 0) is 6.42 Å². The number of carbonyl (C=O) groups excluding carboxylic acids is 1. The summed E-state index contributed by atoms with van der Waals surface area (Å²) in [5, 5.41) is 4.75. The number of furan rings is 1. The van der Waals surface area contributed by atoms with Gasteiger partial charge in [0.1, 0.15) is 5.58 Å². The van der Waals surface area contributed by atoms with Gasteiger partial charge >= 0.3 is 0 Å². The normalized spacial score (nSPS) is 11.2. The molecule has 4 aromatic rings. The first-order chi connectivity index (χ1) is 13.2. The van der Waals surface area contributed by atoms with Gasteiger partial charge in [-0.3, -0.25) is 9.78 Å². The van der Waals surface area contributed by atoms with Crippen LogP contribution < -0.4 is 5.32 Å². The van der Waals surface area contributed by atoms with Crippen molar-refractivity contribution in [3.63, 3.8) is 0 Å². The van der Waals surface area contributed by atoms with Gasteiger partial charge in [0.2, 0.25) is 0 Å². The average molecular weight is 376 g/mol. The quantitative estimate of drug-likeness (QED) is 0.499. The van der Waals surface area contributed by atoms with Crippen molar-refractivity contribution < 1.29 is 9.21 Å². The molecule has 27 heavy (non-hydrogen) atoms. The number of hydrogen-bond acceptors (Lipinski definition) is 4. The fourth-order valence-electron chi connectivity index (χ4n) is 3.18. The monoisotopic (exact) mass is 376 g/mol. The van der Waals surface area contributed by atoms with Crippen molar-refractivity contribution in [3.05, 3.63) is 71.6 Å². The summed E-state index contributed by atoms with van der Waals surface area (Å²) in [5.74, 6) is 0.124. The highest BCUT2D eigenvalue weighted by Crippen LogP contribution is 2.29. The summed E-state index contributed by atoms with van der Waals surface area (Å²) >= 11 is 1.72. The summed E-state index contributed by atoms with van der Waals surface area (Å²) in [6, 6.07) is 18.0. The lowest BCUT2D eigenvalue weighted by Gasteiger charge is -2.04. The maximum Gasteiger partial charge on any atom is 0.287 e. The van der Waals surface area contributed by atoms with E-state index in [0.717, 1.165) is 34.0 Å². The Balaban J connectivity index is 1.50. The second-order valence-electron chi connectivity index (χ2n) is 6.42. The molecule has 136 valence electrons. The molecule has 1 amide bonds. The highest BCUT2D eigenvalue weighted by molar-refractivity contribution is 7.98. The molecule has 0 unspecified atom stereocenters. The number of benzene rings is 2. The van der Waals surface area contributed by atoms with Crippen LogP contribution in [0, 0.1) is 6.92 Å². The molecular formula is C22H20N2O2S. The number of carbonyl (C=O) groups is 1. The van der Waals surface area contributed by atoms with Crippen molar-refractivity contribution in [2.75, 3.05) is 12.8 Å². The van der Waals surface area contributed by atoms with Crippen molar-refractivity contribution >= 4 is 39.5 Å². The Morgan fingerprint density at radius 2 is 1.89 bits per heavy atom. The number of thioether (sulfide) groups is 1. The minimum atomic E-state index is -0.199. The number of nitrogens with one attached hydrogen (secondary N) is 1. The molecule has 0 aliphatic heterocycles. The smallest absolute Gasteiger partial charge is 0.287 e. The van der Waals surface area contributed by atoms with Crippen LogP contribution in [0.5, 0.6) is 0 Å². The number of rotatable bonds is 5. The zero-order valence-corrected chi connectivity index (χ0v) is 16.1. The zero-order valence-electron chi connectivity index (χ0n) is 15.3. The van der Waals surface area contributed by atoms with E-state index in [-0.39, 0.29) is 5.91 Å². The van der Waals surface area contributed by atoms with Gasteiger partial charge in [0, 0.05) is 27.9 Å². The lowest BCUT2D eigenvalue weighted by Crippen LogP contribution is -2.25. The lowest BCUT2D eigenvalue weighted by atomic mass is 10.1. The molecule has 2 aromatic heterocycles. The van der Waals surface area contributed by atoms with Crippen LogP contribution in [-0.4, -0.2) is 23.7 Å². The second kappa shape index (κ2) is 7.45. The SMILES string of the molecule is CSc1ccc(CCNC(=O)c2cc3c(C)nc4ccccc4c3o2)cc1. The number of amides is 1. The third-order valence-electron chi connectivity index (χ3n) is 4.64. The van der Waals surface area contributed by atoms with Crippen LogP contribution >= 0.6 is 11.8 Å². The topological polar surface area (TPSA) is 55.1 Å². The molecule has 0 atom stereocenters. The first-order valence-corrected chi connectivity index (χ1v) is 10.1. The van der Waals surface area contributed by atoms with E-state index in [0.29, 0.717) is 12.3 Å². The Kier molecular flexibility index (Phi) is 4.86. The number of nitrogens with zero attached hydrogens (tertiary/aromatic N) is 1. The van der Waals surface area contributed by atoms with Crippen LogP contribution in [0.3, 0.4) is 0 Å². The molecule has 0 fully saturated rings. The summed E-state index contributed by atoms with van der Waals surface area (Å²) in [4.78, 5) is 18.4. The van der Waals surface area contributed by atoms with E-state index < -0.39 is 0 Å². The molecule has 0 saturated heterocycles. The molecule has 4 nitrogen and oxygen atoms in total. The summed E-state index contributed by atoms with van der Waals surface area (Å²) in [6.45, 7) is 2.50. The molecule has 0 spiro atoms. The third-order valence-corrected chi connectivity index (χ3v) is 5.38. The fraction of sp³-hybridized carbons (Fsp3) is 0.182. The number of aryl methyl sites for hydroxylation is 1. The molecule has 2 heterocycles. The van der Waals surface area contributed by atoms with E-state index in [1.54, 1.807) is 17.8 Å². The van der Waals surface area contributed by atoms with Crippen molar-refractivity contribution in [3.8, 4) is 0 Å². The van der Waals surface area contributed by atoms with E-state index in [2.05, 4.69) is 40.8 Å². The summed E-state index contributed by atoms with van der Waals surface area (Å²) in [6.07, 6.45) is 2.84. The molecule has 0 bridgehead atoms. The first-order valence-electron chi connectivity index (χ1n) is 8.86. The van der Waals surface area contributed by atoms with Gasteiger partial charge in [-0.15, -0.1) is 11.8 Å². The van der Waals surface area contributed by atoms with Crippen molar-refractivity contribution in [1.29, 1.82) is 0 Å². The molecule has 4 rings (SSSR count). The van der Waals surface area contributed by atoms with Crippen molar-refractivity contribution in [1.82, 2.24) is 10.3 Å². The lowest BCUT2D eigenvalue weighted by molar-refractivity contribution is 0.0929. The number of fused-ring (bicyclic) bond motifs is 3. The van der Waals surface area contributed by atoms with Gasteiger partial charge < -0.3 is 9.73 Å². The van der Waals surface area contributed by atoms with Crippen LogP contribution in [0.4, 0.5) is 0 Å². The Hall–Kier alpha value is -2.79. The molecule has 5 heteroatoms. The van der Waals surface area contributed by atoms with Gasteiger partial charge in [-0.25, -0.2) is 0 Å². The van der Waals surface area contributed by atoms with Gasteiger partial charge in [-0.2, -0.15) is 0 Å². The predicted octanol–water partition coefficient (Wildman–Crippen LogP) is 4.98. The Morgan fingerprint density at radius 1 is 1.11 bits per heavy atom. The van der Waals surface area contributed by atoms with E-state index in [1.807, 2.05) is 31.2 Å². The Bertz CT molecular complexity index is 1120. The second-order valence-corrected chi connectivity index (χ2v) is 7.30. The van der Waals surface area contributed by atoms with Crippen LogP contribution in [0.1, 0.15) is 21.8 Å². The van der Waals surface area contributed by atoms with Crippen molar-refractivity contribution in [2.24, 2.45) is 0 Å². The van der Waals surface area contributed by atoms with E-state index in [4.69, 9.17) is 4.42 Å². The Morgan fingerprint density at radius 3 is 2.67 bits per heavy atom. The van der Waals surface area contributed by atoms with Crippen molar-refractivity contribution in [2.45, 2.75) is 18.2 Å². The van der Waals surface area contributed by atoms with Crippen LogP contribution in [0.2, 0.25) is 0 Å². The predicted molar refractivity (Wildman–Crippen MR) is 111 cm³/mol. The minimum Gasteiger partial charge on any atom is -0.450 e. The molecule has 0 aliphatic carbocycles. The molecule has 0 saturated carbocycles. The van der Waals surface area contributed by atoms with E-state index in [1.165, 1.54) is 10.5 Å². The maximum atomic E-state index is 12.5. The van der Waals surface area contributed by atoms with E-state index in [9.17, 15) is 4.79 Å². The maximum absolute atomic E-state index is 12.5. The number of para-hydroxylation sites is 1. The minimum absolute atomic E-state index is 0.199. The summed E-state index contributed by atoms with van der Waals surface area (Å²) < 4.78 is 5.90. The highest BCUT2D eigenvalue weighted by atomic mass is 32.2. The number of pyridine rings is 1. The van der Waals surface area contributed by atoms with Crippen LogP contribution in [0.15, 0.2) is 63.9 Å². The number of aromatic nitrogens is 1. The van der Waals surface area contributed by atoms with Crippen LogP contribution in [0.25, 0.3) is 21.9 Å². The van der Waals surface area contributed by atoms with E-state index >= 15 is 0 Å². The molecule has 0 radical (unpaired) electrons. The largest absolute Gasteiger partial charge is 0.450 e. The highest BCUT2D eigenvalue weighted by Gasteiger charge is 2.16. The first kappa shape index (κ1) is 17.6. The molecule has 0 aliphatic rings. The summed E-state index contributed by atoms with van der Waals surface area (Å²) in [5.41, 5.74) is 3.65. The van der Waals surface area contributed by atoms with Gasteiger partial charge in [0.15, 0.2) is 5.76 Å². The van der Waals surface area contributed by atoms with Gasteiger partial charge in [0.05, 0.1) is 5.52 Å². The Labute approximate surface area is 162 Å². The molecular weight excluding hydrogens is 356 g/mol.